The summed E-state index contributed by atoms with van der Waals surface area (Å²) in [6.07, 6.45) is 5.25. The van der Waals surface area contributed by atoms with E-state index in [-0.39, 0.29) is 0 Å². The lowest BCUT2D eigenvalue weighted by molar-refractivity contribution is 0.924. The molecule has 3 nitrogen and oxygen atoms in total. The summed E-state index contributed by atoms with van der Waals surface area (Å²) in [4.78, 5) is 3.79. The molecular weight excluding hydrogens is 90.1 g/mol. The molecule has 38 valence electrons. The molecule has 0 aliphatic heterocycles. The maximum absolute atomic E-state index is 3.79. The standard InChI is InChI=1S/C4H7N3/c1-5-7-3-2-6-4-7/h2-5H,1H3. The molecule has 1 N–H and O–H groups in total. The highest BCUT2D eigenvalue weighted by molar-refractivity contribution is 4.76. The Balaban J connectivity index is 2.76. The second-order valence-electron chi connectivity index (χ2n) is 1.19. The van der Waals surface area contributed by atoms with Crippen LogP contribution in [0.4, 0.5) is 0 Å². The molecule has 3 heteroatoms. The summed E-state index contributed by atoms with van der Waals surface area (Å²) >= 11 is 0. The molecule has 0 spiro atoms. The molecule has 1 rings (SSSR count). The summed E-state index contributed by atoms with van der Waals surface area (Å²) < 4.78 is 1.76. The molecule has 7 heavy (non-hydrogen) atoms. The van der Waals surface area contributed by atoms with E-state index in [2.05, 4.69) is 10.4 Å². The number of aromatic nitrogens is 2. The minimum atomic E-state index is 1.69. The van der Waals surface area contributed by atoms with E-state index in [0.717, 1.165) is 0 Å². The van der Waals surface area contributed by atoms with Crippen molar-refractivity contribution in [3.05, 3.63) is 18.7 Å². The van der Waals surface area contributed by atoms with Gasteiger partial charge in [0.15, 0.2) is 0 Å². The average molecular weight is 97.1 g/mol. The number of nitrogens with one attached hydrogen (secondary N) is 1. The van der Waals surface area contributed by atoms with Crippen LogP contribution < -0.4 is 5.43 Å². The zero-order valence-electron chi connectivity index (χ0n) is 4.13. The van der Waals surface area contributed by atoms with Crippen LogP contribution in [0.5, 0.6) is 0 Å². The van der Waals surface area contributed by atoms with Gasteiger partial charge in [0.2, 0.25) is 0 Å². The fraction of sp³-hybridized carbons (Fsp3) is 0.250. The van der Waals surface area contributed by atoms with Gasteiger partial charge in [-0.1, -0.05) is 0 Å². The minimum Gasteiger partial charge on any atom is -0.328 e. The lowest BCUT2D eigenvalue weighted by Gasteiger charge is -1.93. The number of imidazole rings is 1. The minimum absolute atomic E-state index is 1.69. The van der Waals surface area contributed by atoms with Crippen LogP contribution in [0.25, 0.3) is 0 Å². The van der Waals surface area contributed by atoms with Crippen molar-refractivity contribution in [1.29, 1.82) is 0 Å². The van der Waals surface area contributed by atoms with E-state index in [1.165, 1.54) is 0 Å². The van der Waals surface area contributed by atoms with E-state index in [9.17, 15) is 0 Å². The number of hydrogen-bond acceptors (Lipinski definition) is 2. The number of hydrogen-bond donors (Lipinski definition) is 1. The van der Waals surface area contributed by atoms with Gasteiger partial charge in [-0.3, -0.25) is 4.68 Å². The third-order valence-corrected chi connectivity index (χ3v) is 0.763. The molecule has 0 aliphatic rings. The fourth-order valence-corrected chi connectivity index (χ4v) is 0.391. The lowest BCUT2D eigenvalue weighted by Crippen LogP contribution is -2.04. The number of nitrogens with zero attached hydrogens (tertiary/aromatic N) is 2. The molecule has 0 radical (unpaired) electrons. The maximum Gasteiger partial charge on any atom is 0.114 e. The van der Waals surface area contributed by atoms with Crippen LogP contribution in [-0.2, 0) is 0 Å². The third-order valence-electron chi connectivity index (χ3n) is 0.763. The van der Waals surface area contributed by atoms with Crippen molar-refractivity contribution in [3.8, 4) is 0 Å². The Morgan fingerprint density at radius 2 is 2.57 bits per heavy atom. The van der Waals surface area contributed by atoms with Gasteiger partial charge in [0.1, 0.15) is 6.33 Å². The Labute approximate surface area is 42.0 Å². The molecular formula is C4H7N3. The molecule has 0 atom stereocenters. The summed E-state index contributed by atoms with van der Waals surface area (Å²) in [6.45, 7) is 0. The van der Waals surface area contributed by atoms with Gasteiger partial charge >= 0.3 is 0 Å². The molecule has 0 amide bonds. The van der Waals surface area contributed by atoms with Crippen LogP contribution in [0.2, 0.25) is 0 Å². The zero-order chi connectivity index (χ0) is 5.11. The molecule has 0 aromatic carbocycles. The smallest absolute Gasteiger partial charge is 0.114 e. The number of rotatable bonds is 1. The largest absolute Gasteiger partial charge is 0.328 e. The normalized spacial score (nSPS) is 8.71. The summed E-state index contributed by atoms with van der Waals surface area (Å²) in [5.41, 5.74) is 2.86. The van der Waals surface area contributed by atoms with E-state index in [4.69, 9.17) is 0 Å². The van der Waals surface area contributed by atoms with Crippen molar-refractivity contribution in [2.24, 2.45) is 0 Å². The van der Waals surface area contributed by atoms with Crippen LogP contribution >= 0.6 is 0 Å². The molecule has 1 aromatic rings. The summed E-state index contributed by atoms with van der Waals surface area (Å²) in [5, 5.41) is 0. The highest BCUT2D eigenvalue weighted by Crippen LogP contribution is 1.74. The van der Waals surface area contributed by atoms with Gasteiger partial charge in [-0.05, 0) is 0 Å². The van der Waals surface area contributed by atoms with Crippen LogP contribution in [0.15, 0.2) is 18.7 Å². The van der Waals surface area contributed by atoms with Crippen molar-refractivity contribution in [1.82, 2.24) is 9.66 Å². The van der Waals surface area contributed by atoms with Crippen molar-refractivity contribution in [2.45, 2.75) is 0 Å². The van der Waals surface area contributed by atoms with Crippen molar-refractivity contribution >= 4 is 0 Å². The van der Waals surface area contributed by atoms with Gasteiger partial charge in [-0.2, -0.15) is 0 Å². The second kappa shape index (κ2) is 1.64. The van der Waals surface area contributed by atoms with E-state index in [1.807, 2.05) is 13.2 Å². The second-order valence-corrected chi connectivity index (χ2v) is 1.19. The summed E-state index contributed by atoms with van der Waals surface area (Å²) in [6, 6.07) is 0. The highest BCUT2D eigenvalue weighted by Gasteiger charge is 1.75. The van der Waals surface area contributed by atoms with Crippen LogP contribution in [-0.4, -0.2) is 16.7 Å². The molecule has 0 bridgehead atoms. The van der Waals surface area contributed by atoms with E-state index in [1.54, 1.807) is 17.2 Å². The predicted molar refractivity (Wildman–Crippen MR) is 27.5 cm³/mol. The summed E-state index contributed by atoms with van der Waals surface area (Å²) in [7, 11) is 1.84. The Kier molecular flexibility index (Phi) is 0.978. The highest BCUT2D eigenvalue weighted by atomic mass is 15.4. The average Bonchev–Trinajstić information content (AvgIpc) is 2.14. The Hall–Kier alpha value is -0.990. The van der Waals surface area contributed by atoms with Crippen molar-refractivity contribution in [2.75, 3.05) is 12.5 Å². The fourth-order valence-electron chi connectivity index (χ4n) is 0.391. The predicted octanol–water partition coefficient (Wildman–Crippen LogP) is 0.0564. The van der Waals surface area contributed by atoms with E-state index >= 15 is 0 Å². The van der Waals surface area contributed by atoms with Crippen LogP contribution in [0.3, 0.4) is 0 Å². The van der Waals surface area contributed by atoms with Gasteiger partial charge < -0.3 is 5.43 Å². The monoisotopic (exact) mass is 97.1 g/mol. The van der Waals surface area contributed by atoms with Gasteiger partial charge in [-0.15, -0.1) is 0 Å². The first-order valence-electron chi connectivity index (χ1n) is 2.09. The van der Waals surface area contributed by atoms with Gasteiger partial charge in [0.25, 0.3) is 0 Å². The van der Waals surface area contributed by atoms with Gasteiger partial charge in [-0.25, -0.2) is 4.98 Å². The molecule has 1 heterocycles. The van der Waals surface area contributed by atoms with Gasteiger partial charge in [0, 0.05) is 19.4 Å². The van der Waals surface area contributed by atoms with E-state index in [0.29, 0.717) is 0 Å². The Morgan fingerprint density at radius 3 is 2.86 bits per heavy atom. The quantitative estimate of drug-likeness (QED) is 0.537. The molecule has 0 fully saturated rings. The van der Waals surface area contributed by atoms with Crippen molar-refractivity contribution in [3.63, 3.8) is 0 Å². The summed E-state index contributed by atoms with van der Waals surface area (Å²) in [5.74, 6) is 0. The SMILES string of the molecule is CNn1ccnc1. The first kappa shape index (κ1) is 4.18. The Bertz CT molecular complexity index is 121. The first-order chi connectivity index (χ1) is 3.43. The molecule has 0 saturated heterocycles. The topological polar surface area (TPSA) is 29.9 Å². The molecule has 0 unspecified atom stereocenters. The van der Waals surface area contributed by atoms with Crippen LogP contribution in [0.1, 0.15) is 0 Å². The maximum atomic E-state index is 3.79. The van der Waals surface area contributed by atoms with Crippen LogP contribution in [0, 0.1) is 0 Å². The van der Waals surface area contributed by atoms with Crippen molar-refractivity contribution < 1.29 is 0 Å². The first-order valence-corrected chi connectivity index (χ1v) is 2.09. The third kappa shape index (κ3) is 0.707. The molecule has 1 aromatic heterocycles. The molecule has 0 aliphatic carbocycles. The molecule has 0 saturated carbocycles. The lowest BCUT2D eigenvalue weighted by atomic mass is 11.0. The van der Waals surface area contributed by atoms with Gasteiger partial charge in [0.05, 0.1) is 0 Å². The Morgan fingerprint density at radius 1 is 1.71 bits per heavy atom. The van der Waals surface area contributed by atoms with E-state index < -0.39 is 0 Å². The zero-order valence-corrected chi connectivity index (χ0v) is 4.13.